The molecule has 1 fully saturated rings. The van der Waals surface area contributed by atoms with Crippen molar-refractivity contribution in [1.29, 1.82) is 0 Å². The lowest BCUT2D eigenvalue weighted by molar-refractivity contribution is -0.128. The van der Waals surface area contributed by atoms with Gasteiger partial charge in [-0.1, -0.05) is 12.1 Å². The summed E-state index contributed by atoms with van der Waals surface area (Å²) in [6, 6.07) is 6.71. The number of likely N-dealkylation sites (tertiary alicyclic amines) is 1. The Balaban J connectivity index is 1.76. The molecule has 1 aromatic heterocycles. The second kappa shape index (κ2) is 6.57. The van der Waals surface area contributed by atoms with E-state index in [1.807, 2.05) is 12.3 Å². The fourth-order valence-corrected chi connectivity index (χ4v) is 5.89. The van der Waals surface area contributed by atoms with Gasteiger partial charge >= 0.3 is 0 Å². The third-order valence-electron chi connectivity index (χ3n) is 5.02. The van der Waals surface area contributed by atoms with Crippen molar-refractivity contribution in [3.8, 4) is 5.75 Å². The van der Waals surface area contributed by atoms with Crippen molar-refractivity contribution in [3.05, 3.63) is 40.3 Å². The number of hydrogen-bond acceptors (Lipinski definition) is 6. The Hall–Kier alpha value is -1.97. The van der Waals surface area contributed by atoms with Crippen LogP contribution in [-0.4, -0.2) is 53.7 Å². The molecule has 3 heterocycles. The zero-order valence-corrected chi connectivity index (χ0v) is 16.8. The average molecular weight is 408 g/mol. The lowest BCUT2D eigenvalue weighted by Crippen LogP contribution is -2.49. The van der Waals surface area contributed by atoms with Gasteiger partial charge in [0.2, 0.25) is 15.9 Å². The molecule has 1 saturated heterocycles. The maximum Gasteiger partial charge on any atom is 0.247 e. The summed E-state index contributed by atoms with van der Waals surface area (Å²) in [6.07, 6.45) is 0.586. The molecule has 1 amide bonds. The number of para-hydroxylation sites is 1. The molecule has 0 bridgehead atoms. The molecule has 4 rings (SSSR count). The minimum absolute atomic E-state index is 0.0301. The number of rotatable bonds is 2. The van der Waals surface area contributed by atoms with Crippen LogP contribution in [0, 0.1) is 6.92 Å². The topological polar surface area (TPSA) is 79.8 Å². The van der Waals surface area contributed by atoms with Gasteiger partial charge in [0, 0.05) is 25.3 Å². The molecule has 1 atom stereocenters. The van der Waals surface area contributed by atoms with Gasteiger partial charge in [0.05, 0.1) is 30.3 Å². The molecule has 0 radical (unpaired) electrons. The van der Waals surface area contributed by atoms with Gasteiger partial charge in [0.25, 0.3) is 0 Å². The molecule has 1 spiro atoms. The van der Waals surface area contributed by atoms with E-state index in [-0.39, 0.29) is 23.9 Å². The minimum atomic E-state index is -3.74. The predicted octanol–water partition coefficient (Wildman–Crippen LogP) is 2.03. The van der Waals surface area contributed by atoms with Crippen LogP contribution in [0.15, 0.2) is 34.5 Å². The second-order valence-electron chi connectivity index (χ2n) is 7.05. The summed E-state index contributed by atoms with van der Waals surface area (Å²) in [7, 11) is -3.74. The summed E-state index contributed by atoms with van der Waals surface area (Å²) in [5, 5.41) is 2.78. The van der Waals surface area contributed by atoms with E-state index < -0.39 is 15.6 Å². The van der Waals surface area contributed by atoms with Crippen molar-refractivity contribution in [2.24, 2.45) is 0 Å². The highest BCUT2D eigenvalue weighted by atomic mass is 32.2. The molecule has 1 aromatic carbocycles. The highest BCUT2D eigenvalue weighted by Crippen LogP contribution is 2.39. The number of carbonyl (C=O) groups excluding carboxylic acids is 1. The van der Waals surface area contributed by atoms with Crippen molar-refractivity contribution in [3.63, 3.8) is 0 Å². The number of ether oxygens (including phenoxy) is 1. The number of hydrogen-bond donors (Lipinski definition) is 0. The minimum Gasteiger partial charge on any atom is -0.483 e. The number of thiazole rings is 1. The highest BCUT2D eigenvalue weighted by molar-refractivity contribution is 7.89. The normalized spacial score (nSPS) is 24.4. The van der Waals surface area contributed by atoms with E-state index in [9.17, 15) is 13.2 Å². The van der Waals surface area contributed by atoms with Crippen LogP contribution in [0.3, 0.4) is 0 Å². The van der Waals surface area contributed by atoms with Crippen LogP contribution in [0.25, 0.3) is 0 Å². The van der Waals surface area contributed by atoms with Crippen molar-refractivity contribution in [2.75, 3.05) is 19.6 Å². The number of nitrogens with zero attached hydrogens (tertiary/aromatic N) is 3. The largest absolute Gasteiger partial charge is 0.483 e. The predicted molar refractivity (Wildman–Crippen MR) is 101 cm³/mol. The van der Waals surface area contributed by atoms with Gasteiger partial charge in [-0.05, 0) is 19.1 Å². The quantitative estimate of drug-likeness (QED) is 0.761. The molecule has 2 aliphatic heterocycles. The maximum atomic E-state index is 13.3. The molecule has 7 nitrogen and oxygen atoms in total. The van der Waals surface area contributed by atoms with Crippen molar-refractivity contribution in [2.45, 2.75) is 37.3 Å². The van der Waals surface area contributed by atoms with E-state index in [4.69, 9.17) is 4.74 Å². The summed E-state index contributed by atoms with van der Waals surface area (Å²) < 4.78 is 34.4. The Kier molecular flexibility index (Phi) is 4.48. The molecule has 2 aliphatic rings. The zero-order chi connectivity index (χ0) is 19.2. The van der Waals surface area contributed by atoms with Crippen molar-refractivity contribution < 1.29 is 17.9 Å². The van der Waals surface area contributed by atoms with Crippen LogP contribution in [0.5, 0.6) is 5.75 Å². The van der Waals surface area contributed by atoms with Crippen LogP contribution in [0.1, 0.15) is 24.0 Å². The summed E-state index contributed by atoms with van der Waals surface area (Å²) >= 11 is 1.50. The van der Waals surface area contributed by atoms with Gasteiger partial charge in [-0.15, -0.1) is 11.3 Å². The number of carbonyl (C=O) groups is 1. The zero-order valence-electron chi connectivity index (χ0n) is 15.2. The Morgan fingerprint density at radius 1 is 1.33 bits per heavy atom. The molecular weight excluding hydrogens is 386 g/mol. The standard InChI is InChI=1S/C18H21N3O4S2/c1-13-19-15(10-26-13)9-21-12-18(7-8-20(11-18)14(2)22)25-16-5-3-4-6-17(16)27(21,23)24/h3-6,10H,7-9,11-12H2,1-2H3/t18-/m0/s1. The van der Waals surface area contributed by atoms with E-state index in [0.29, 0.717) is 25.3 Å². The Morgan fingerprint density at radius 2 is 2.11 bits per heavy atom. The van der Waals surface area contributed by atoms with Gasteiger partial charge in [0.15, 0.2) is 0 Å². The lowest BCUT2D eigenvalue weighted by Gasteiger charge is -2.31. The number of aromatic nitrogens is 1. The van der Waals surface area contributed by atoms with Gasteiger partial charge in [0.1, 0.15) is 16.2 Å². The monoisotopic (exact) mass is 407 g/mol. The molecule has 0 unspecified atom stereocenters. The highest BCUT2D eigenvalue weighted by Gasteiger charge is 2.48. The van der Waals surface area contributed by atoms with Gasteiger partial charge < -0.3 is 9.64 Å². The van der Waals surface area contributed by atoms with Crippen molar-refractivity contribution >= 4 is 27.3 Å². The third kappa shape index (κ3) is 3.35. The smallest absolute Gasteiger partial charge is 0.247 e. The van der Waals surface area contributed by atoms with Crippen LogP contribution < -0.4 is 4.74 Å². The first-order chi connectivity index (χ1) is 12.8. The molecule has 0 N–H and O–H groups in total. The fourth-order valence-electron chi connectivity index (χ4n) is 3.69. The SMILES string of the molecule is CC(=O)N1CC[C@]2(C1)CN(Cc1csc(C)n1)S(=O)(=O)c1ccccc1O2. The molecule has 9 heteroatoms. The lowest BCUT2D eigenvalue weighted by atomic mass is 10.0. The van der Waals surface area contributed by atoms with Gasteiger partial charge in [-0.3, -0.25) is 4.79 Å². The molecule has 144 valence electrons. The first-order valence-electron chi connectivity index (χ1n) is 8.74. The Bertz CT molecular complexity index is 988. The molecule has 0 aliphatic carbocycles. The number of benzene rings is 1. The van der Waals surface area contributed by atoms with Gasteiger partial charge in [-0.25, -0.2) is 13.4 Å². The molecule has 2 aromatic rings. The average Bonchev–Trinajstić information content (AvgIpc) is 3.19. The second-order valence-corrected chi connectivity index (χ2v) is 10.0. The van der Waals surface area contributed by atoms with E-state index in [1.54, 1.807) is 29.2 Å². The van der Waals surface area contributed by atoms with E-state index >= 15 is 0 Å². The van der Waals surface area contributed by atoms with Gasteiger partial charge in [-0.2, -0.15) is 4.31 Å². The number of sulfonamides is 1. The fraction of sp³-hybridized carbons (Fsp3) is 0.444. The Labute approximate surface area is 162 Å². The Morgan fingerprint density at radius 3 is 2.78 bits per heavy atom. The maximum absolute atomic E-state index is 13.3. The molecular formula is C18H21N3O4S2. The first-order valence-corrected chi connectivity index (χ1v) is 11.1. The summed E-state index contributed by atoms with van der Waals surface area (Å²) in [4.78, 5) is 18.1. The van der Waals surface area contributed by atoms with E-state index in [1.165, 1.54) is 22.6 Å². The van der Waals surface area contributed by atoms with Crippen LogP contribution >= 0.6 is 11.3 Å². The van der Waals surface area contributed by atoms with Crippen LogP contribution in [-0.2, 0) is 21.4 Å². The van der Waals surface area contributed by atoms with E-state index in [0.717, 1.165) is 10.7 Å². The van der Waals surface area contributed by atoms with Crippen molar-refractivity contribution in [1.82, 2.24) is 14.2 Å². The third-order valence-corrected chi connectivity index (χ3v) is 7.68. The molecule has 27 heavy (non-hydrogen) atoms. The molecule has 0 saturated carbocycles. The van der Waals surface area contributed by atoms with Crippen LogP contribution in [0.2, 0.25) is 0 Å². The summed E-state index contributed by atoms with van der Waals surface area (Å²) in [6.45, 7) is 4.72. The van der Waals surface area contributed by atoms with E-state index in [2.05, 4.69) is 4.98 Å². The number of aryl methyl sites for hydroxylation is 1. The van der Waals surface area contributed by atoms with Crippen LogP contribution in [0.4, 0.5) is 0 Å². The number of fused-ring (bicyclic) bond motifs is 1. The summed E-state index contributed by atoms with van der Waals surface area (Å²) in [5.74, 6) is 0.317. The first kappa shape index (κ1) is 18.4. The summed E-state index contributed by atoms with van der Waals surface area (Å²) in [5.41, 5.74) is -0.0341. The number of amides is 1.